The van der Waals surface area contributed by atoms with Gasteiger partial charge in [0.2, 0.25) is 0 Å². The van der Waals surface area contributed by atoms with Crippen molar-refractivity contribution in [1.82, 2.24) is 15.3 Å². The first-order chi connectivity index (χ1) is 9.75. The van der Waals surface area contributed by atoms with Crippen molar-refractivity contribution in [2.75, 3.05) is 4.90 Å². The van der Waals surface area contributed by atoms with Crippen LogP contribution in [0.2, 0.25) is 0 Å². The number of H-pyrrole nitrogens is 1. The molecule has 2 aromatic rings. The molecule has 1 aliphatic carbocycles. The summed E-state index contributed by atoms with van der Waals surface area (Å²) in [5.41, 5.74) is 2.66. The molecule has 0 saturated heterocycles. The topological polar surface area (TPSA) is 81.2 Å². The Labute approximate surface area is 115 Å². The number of urea groups is 1. The van der Waals surface area contributed by atoms with Crippen molar-refractivity contribution < 1.29 is 9.90 Å². The SMILES string of the molecule is O=C1NCc2cnc3[nH]ccc3c2N1[C@@H]1CCC[C@H]1O. The van der Waals surface area contributed by atoms with E-state index in [0.717, 1.165) is 41.5 Å². The summed E-state index contributed by atoms with van der Waals surface area (Å²) in [4.78, 5) is 21.5. The normalized spacial score (nSPS) is 25.9. The van der Waals surface area contributed by atoms with Gasteiger partial charge in [-0.15, -0.1) is 0 Å². The fraction of sp³-hybridized carbons (Fsp3) is 0.429. The highest BCUT2D eigenvalue weighted by Crippen LogP contribution is 2.37. The highest BCUT2D eigenvalue weighted by Gasteiger charge is 2.38. The molecule has 1 fully saturated rings. The summed E-state index contributed by atoms with van der Waals surface area (Å²) < 4.78 is 0. The summed E-state index contributed by atoms with van der Waals surface area (Å²) in [5, 5.41) is 14.0. The predicted octanol–water partition coefficient (Wildman–Crippen LogP) is 1.51. The van der Waals surface area contributed by atoms with E-state index in [0.29, 0.717) is 6.54 Å². The zero-order valence-electron chi connectivity index (χ0n) is 11.0. The fourth-order valence-electron chi connectivity index (χ4n) is 3.35. The van der Waals surface area contributed by atoms with E-state index in [-0.39, 0.29) is 12.1 Å². The summed E-state index contributed by atoms with van der Waals surface area (Å²) in [7, 11) is 0. The monoisotopic (exact) mass is 272 g/mol. The molecule has 2 aromatic heterocycles. The second-order valence-electron chi connectivity index (χ2n) is 5.47. The number of nitrogens with one attached hydrogen (secondary N) is 2. The maximum Gasteiger partial charge on any atom is 0.322 e. The molecular formula is C14H16N4O2. The number of carbonyl (C=O) groups is 1. The van der Waals surface area contributed by atoms with Gasteiger partial charge < -0.3 is 15.4 Å². The number of aromatic amines is 1. The number of anilines is 1. The van der Waals surface area contributed by atoms with Gasteiger partial charge in [-0.3, -0.25) is 4.90 Å². The molecule has 2 aliphatic rings. The smallest absolute Gasteiger partial charge is 0.322 e. The maximum absolute atomic E-state index is 12.3. The summed E-state index contributed by atoms with van der Waals surface area (Å²) >= 11 is 0. The van der Waals surface area contributed by atoms with Gasteiger partial charge in [0, 0.05) is 29.9 Å². The maximum atomic E-state index is 12.3. The Hall–Kier alpha value is -2.08. The van der Waals surface area contributed by atoms with Gasteiger partial charge in [-0.1, -0.05) is 0 Å². The third kappa shape index (κ3) is 1.54. The van der Waals surface area contributed by atoms with Gasteiger partial charge in [0.1, 0.15) is 5.65 Å². The van der Waals surface area contributed by atoms with Crippen LogP contribution < -0.4 is 10.2 Å². The average Bonchev–Trinajstić information content (AvgIpc) is 3.07. The Kier molecular flexibility index (Phi) is 2.47. The Morgan fingerprint density at radius 2 is 2.30 bits per heavy atom. The van der Waals surface area contributed by atoms with Gasteiger partial charge >= 0.3 is 6.03 Å². The molecule has 0 unspecified atom stereocenters. The van der Waals surface area contributed by atoms with E-state index in [1.165, 1.54) is 0 Å². The molecule has 0 spiro atoms. The van der Waals surface area contributed by atoms with Crippen LogP contribution >= 0.6 is 0 Å². The Morgan fingerprint density at radius 1 is 1.40 bits per heavy atom. The van der Waals surface area contributed by atoms with Crippen LogP contribution in [0.3, 0.4) is 0 Å². The number of pyridine rings is 1. The molecule has 0 radical (unpaired) electrons. The van der Waals surface area contributed by atoms with E-state index in [1.54, 1.807) is 11.1 Å². The van der Waals surface area contributed by atoms with Crippen LogP contribution in [0.5, 0.6) is 0 Å². The van der Waals surface area contributed by atoms with Crippen LogP contribution in [0.4, 0.5) is 10.5 Å². The van der Waals surface area contributed by atoms with E-state index in [4.69, 9.17) is 0 Å². The number of hydrogen-bond acceptors (Lipinski definition) is 3. The highest BCUT2D eigenvalue weighted by molar-refractivity contribution is 6.04. The van der Waals surface area contributed by atoms with Crippen molar-refractivity contribution in [2.24, 2.45) is 0 Å². The molecule has 3 N–H and O–H groups in total. The fourth-order valence-corrected chi connectivity index (χ4v) is 3.35. The van der Waals surface area contributed by atoms with Crippen molar-refractivity contribution in [1.29, 1.82) is 0 Å². The summed E-state index contributed by atoms with van der Waals surface area (Å²) in [6, 6.07) is 1.67. The minimum absolute atomic E-state index is 0.128. The van der Waals surface area contributed by atoms with E-state index in [9.17, 15) is 9.90 Å². The first-order valence-electron chi connectivity index (χ1n) is 6.96. The van der Waals surface area contributed by atoms with Crippen LogP contribution in [-0.2, 0) is 6.54 Å². The second kappa shape index (κ2) is 4.21. The zero-order valence-corrected chi connectivity index (χ0v) is 11.0. The predicted molar refractivity (Wildman–Crippen MR) is 74.5 cm³/mol. The molecule has 2 amide bonds. The van der Waals surface area contributed by atoms with E-state index < -0.39 is 6.10 Å². The van der Waals surface area contributed by atoms with Crippen LogP contribution in [0.1, 0.15) is 24.8 Å². The largest absolute Gasteiger partial charge is 0.391 e. The standard InChI is InChI=1S/C14H16N4O2/c19-11-3-1-2-10(11)18-12-8(7-17-14(18)20)6-16-13-9(12)4-5-15-13/h4-6,10-11,19H,1-3,7H2,(H,15,16)(H,17,20)/t10-,11-/m1/s1. The second-order valence-corrected chi connectivity index (χ2v) is 5.47. The average molecular weight is 272 g/mol. The van der Waals surface area contributed by atoms with Crippen molar-refractivity contribution >= 4 is 22.8 Å². The molecular weight excluding hydrogens is 256 g/mol. The van der Waals surface area contributed by atoms with Gasteiger partial charge in [0.05, 0.1) is 17.8 Å². The lowest BCUT2D eigenvalue weighted by Crippen LogP contribution is -2.52. The number of hydrogen-bond donors (Lipinski definition) is 3. The van der Waals surface area contributed by atoms with Crippen molar-refractivity contribution in [2.45, 2.75) is 38.0 Å². The van der Waals surface area contributed by atoms with Crippen LogP contribution in [0.15, 0.2) is 18.5 Å². The third-order valence-electron chi connectivity index (χ3n) is 4.30. The number of amides is 2. The molecule has 1 aliphatic heterocycles. The van der Waals surface area contributed by atoms with Gasteiger partial charge in [-0.05, 0) is 25.3 Å². The van der Waals surface area contributed by atoms with E-state index >= 15 is 0 Å². The number of nitrogens with zero attached hydrogens (tertiary/aromatic N) is 2. The molecule has 0 aromatic carbocycles. The Balaban J connectivity index is 1.91. The number of rotatable bonds is 1. The first-order valence-corrected chi connectivity index (χ1v) is 6.96. The molecule has 104 valence electrons. The quantitative estimate of drug-likeness (QED) is 0.736. The van der Waals surface area contributed by atoms with Crippen LogP contribution in [-0.4, -0.2) is 33.3 Å². The number of carbonyl (C=O) groups excluding carboxylic acids is 1. The van der Waals surface area contributed by atoms with Crippen molar-refractivity contribution in [3.8, 4) is 0 Å². The van der Waals surface area contributed by atoms with Crippen LogP contribution in [0, 0.1) is 0 Å². The Morgan fingerprint density at radius 3 is 3.10 bits per heavy atom. The molecule has 6 nitrogen and oxygen atoms in total. The first kappa shape index (κ1) is 11.7. The number of aromatic nitrogens is 2. The van der Waals surface area contributed by atoms with Gasteiger partial charge in [-0.25, -0.2) is 9.78 Å². The lowest BCUT2D eigenvalue weighted by Gasteiger charge is -2.36. The molecule has 4 rings (SSSR count). The molecule has 6 heteroatoms. The van der Waals surface area contributed by atoms with E-state index in [1.807, 2.05) is 12.3 Å². The molecule has 2 atom stereocenters. The van der Waals surface area contributed by atoms with Crippen molar-refractivity contribution in [3.63, 3.8) is 0 Å². The molecule has 0 bridgehead atoms. The van der Waals surface area contributed by atoms with Crippen molar-refractivity contribution in [3.05, 3.63) is 24.0 Å². The third-order valence-corrected chi connectivity index (χ3v) is 4.30. The van der Waals surface area contributed by atoms with E-state index in [2.05, 4.69) is 15.3 Å². The lowest BCUT2D eigenvalue weighted by atomic mass is 10.1. The Bertz CT molecular complexity index is 681. The number of aliphatic hydroxyl groups excluding tert-OH is 1. The summed E-state index contributed by atoms with van der Waals surface area (Å²) in [6.45, 7) is 0.488. The van der Waals surface area contributed by atoms with Gasteiger partial charge in [0.25, 0.3) is 0 Å². The minimum Gasteiger partial charge on any atom is -0.391 e. The number of fused-ring (bicyclic) bond motifs is 3. The molecule has 1 saturated carbocycles. The highest BCUT2D eigenvalue weighted by atomic mass is 16.3. The van der Waals surface area contributed by atoms with Gasteiger partial charge in [0.15, 0.2) is 0 Å². The summed E-state index contributed by atoms with van der Waals surface area (Å²) in [5.74, 6) is 0. The molecule has 20 heavy (non-hydrogen) atoms. The van der Waals surface area contributed by atoms with Crippen LogP contribution in [0.25, 0.3) is 11.0 Å². The molecule has 3 heterocycles. The number of aliphatic hydroxyl groups is 1. The summed E-state index contributed by atoms with van der Waals surface area (Å²) in [6.07, 6.45) is 5.71. The minimum atomic E-state index is -0.450. The zero-order chi connectivity index (χ0) is 13.7. The lowest BCUT2D eigenvalue weighted by molar-refractivity contribution is 0.159. The van der Waals surface area contributed by atoms with Gasteiger partial charge in [-0.2, -0.15) is 0 Å².